The van der Waals surface area contributed by atoms with Gasteiger partial charge in [0, 0.05) is 24.4 Å². The molecule has 52 heavy (non-hydrogen) atoms. The van der Waals surface area contributed by atoms with Gasteiger partial charge < -0.3 is 28.4 Å². The number of aliphatic hydroxyl groups excluding tert-OH is 1. The van der Waals surface area contributed by atoms with Crippen molar-refractivity contribution in [3.8, 4) is 5.75 Å². The van der Waals surface area contributed by atoms with E-state index in [4.69, 9.17) is 18.4 Å². The highest BCUT2D eigenvalue weighted by Crippen LogP contribution is 2.41. The number of rotatable bonds is 11. The van der Waals surface area contributed by atoms with Crippen molar-refractivity contribution >= 4 is 35.8 Å². The zero-order chi connectivity index (χ0) is 36.9. The van der Waals surface area contributed by atoms with Gasteiger partial charge in [-0.1, -0.05) is 99.4 Å². The molecule has 2 heterocycles. The molecule has 8 nitrogen and oxygen atoms in total. The Labute approximate surface area is 311 Å². The van der Waals surface area contributed by atoms with Gasteiger partial charge in [-0.05, 0) is 92.8 Å². The molecule has 0 unspecified atom stereocenters. The van der Waals surface area contributed by atoms with Gasteiger partial charge in [-0.15, -0.1) is 0 Å². The van der Waals surface area contributed by atoms with Crippen LogP contribution in [-0.2, 0) is 22.2 Å². The summed E-state index contributed by atoms with van der Waals surface area (Å²) in [5.74, 6) is 1.35. The molecule has 1 aliphatic carbocycles. The lowest BCUT2D eigenvalue weighted by molar-refractivity contribution is 0.0181. The lowest BCUT2D eigenvalue weighted by Gasteiger charge is -2.47. The molecule has 1 saturated heterocycles. The number of hydrogen-bond donors (Lipinski definition) is 1. The lowest BCUT2D eigenvalue weighted by Crippen LogP contribution is -2.68. The lowest BCUT2D eigenvalue weighted by atomic mass is 9.87. The van der Waals surface area contributed by atoms with Crippen molar-refractivity contribution in [2.75, 3.05) is 19.7 Å². The van der Waals surface area contributed by atoms with Crippen LogP contribution in [-0.4, -0.2) is 61.0 Å². The number of aromatic nitrogens is 1. The zero-order valence-electron chi connectivity index (χ0n) is 32.0. The molecule has 1 saturated carbocycles. The van der Waals surface area contributed by atoms with Crippen LogP contribution in [0.2, 0.25) is 5.04 Å². The van der Waals surface area contributed by atoms with Gasteiger partial charge in [0.25, 0.3) is 8.32 Å². The number of aryl methyl sites for hydroxylation is 1. The Hall–Kier alpha value is -3.66. The average Bonchev–Trinajstić information content (AvgIpc) is 3.55. The van der Waals surface area contributed by atoms with E-state index in [0.717, 1.165) is 62.4 Å². The fourth-order valence-corrected chi connectivity index (χ4v) is 13.0. The van der Waals surface area contributed by atoms with Crippen molar-refractivity contribution in [3.05, 3.63) is 84.1 Å². The van der Waals surface area contributed by atoms with Crippen LogP contribution in [0.1, 0.15) is 97.7 Å². The first-order valence-electron chi connectivity index (χ1n) is 19.3. The van der Waals surface area contributed by atoms with Crippen LogP contribution >= 0.6 is 0 Å². The molecule has 2 aliphatic rings. The van der Waals surface area contributed by atoms with Crippen LogP contribution in [0.15, 0.2) is 77.3 Å². The molecule has 6 rings (SSSR count). The van der Waals surface area contributed by atoms with Gasteiger partial charge >= 0.3 is 6.09 Å². The summed E-state index contributed by atoms with van der Waals surface area (Å²) in [4.78, 5) is 14.3. The van der Waals surface area contributed by atoms with Crippen molar-refractivity contribution in [2.45, 2.75) is 116 Å². The van der Waals surface area contributed by atoms with Gasteiger partial charge in [-0.25, -0.2) is 4.79 Å². The third kappa shape index (κ3) is 8.42. The van der Waals surface area contributed by atoms with E-state index in [1.54, 1.807) is 0 Å². The second-order valence-electron chi connectivity index (χ2n) is 16.8. The third-order valence-corrected chi connectivity index (χ3v) is 16.1. The number of piperidine rings is 1. The Morgan fingerprint density at radius 1 is 0.885 bits per heavy atom. The third-order valence-electron chi connectivity index (χ3n) is 11.0. The van der Waals surface area contributed by atoms with E-state index in [1.165, 1.54) is 10.4 Å². The molecular weight excluding hydrogens is 669 g/mol. The molecule has 1 aliphatic heterocycles. The number of carbonyl (C=O) groups excluding carboxylic acids is 1. The van der Waals surface area contributed by atoms with Gasteiger partial charge in [0.05, 0.1) is 30.6 Å². The summed E-state index contributed by atoms with van der Waals surface area (Å²) in [6.45, 7) is 14.4. The van der Waals surface area contributed by atoms with Crippen molar-refractivity contribution < 1.29 is 28.3 Å². The van der Waals surface area contributed by atoms with E-state index in [1.807, 2.05) is 37.8 Å². The zero-order valence-corrected chi connectivity index (χ0v) is 33.0. The number of aliphatic hydroxyl groups is 1. The fraction of sp³-hybridized carbons (Fsp3) is 0.535. The van der Waals surface area contributed by atoms with E-state index >= 15 is 0 Å². The standard InChI is InChI=1S/C43H58N2O6Si/c1-42(2,3)49-41(47)45-27-25-31(26-28-45)21-23-37-35-22-24-39(36(29-46)40(35)50-44-37)48-30-32-15-13-14-20-38(32)51-52(43(4,5)6,33-16-9-7-10-17-33)34-18-11-8-12-19-34/h7-12,16-19,22,24,31-32,38,46H,13-15,20-21,23,25-30H2,1-6H3/t32-,38+/m0/s1. The summed E-state index contributed by atoms with van der Waals surface area (Å²) in [7, 11) is -2.72. The van der Waals surface area contributed by atoms with Gasteiger partial charge in [0.2, 0.25) is 0 Å². The molecule has 4 aromatic rings. The second-order valence-corrected chi connectivity index (χ2v) is 21.1. The minimum Gasteiger partial charge on any atom is -0.493 e. The number of benzene rings is 3. The van der Waals surface area contributed by atoms with Gasteiger partial charge in [-0.2, -0.15) is 0 Å². The first-order valence-corrected chi connectivity index (χ1v) is 21.2. The summed E-state index contributed by atoms with van der Waals surface area (Å²) < 4.78 is 25.6. The summed E-state index contributed by atoms with van der Waals surface area (Å²) in [6.07, 6.45) is 7.75. The molecule has 0 bridgehead atoms. The molecule has 2 atom stereocenters. The van der Waals surface area contributed by atoms with E-state index in [2.05, 4.69) is 86.6 Å². The molecule has 1 amide bonds. The summed E-state index contributed by atoms with van der Waals surface area (Å²) in [6, 6.07) is 25.7. The molecule has 280 valence electrons. The van der Waals surface area contributed by atoms with Gasteiger partial charge in [0.1, 0.15) is 11.4 Å². The van der Waals surface area contributed by atoms with Gasteiger partial charge in [-0.3, -0.25) is 0 Å². The van der Waals surface area contributed by atoms with Crippen LogP contribution in [0.25, 0.3) is 11.0 Å². The number of ether oxygens (including phenoxy) is 2. The number of carbonyl (C=O) groups is 1. The van der Waals surface area contributed by atoms with Crippen LogP contribution < -0.4 is 15.1 Å². The Balaban J connectivity index is 1.14. The molecule has 0 spiro atoms. The van der Waals surface area contributed by atoms with Crippen LogP contribution in [0.3, 0.4) is 0 Å². The first kappa shape index (κ1) is 38.1. The number of likely N-dealkylation sites (tertiary alicyclic amines) is 1. The molecular formula is C43H58N2O6Si. The Morgan fingerprint density at radius 3 is 2.12 bits per heavy atom. The second kappa shape index (κ2) is 16.1. The van der Waals surface area contributed by atoms with E-state index in [0.29, 0.717) is 42.5 Å². The normalized spacial score (nSPS) is 19.2. The minimum absolute atomic E-state index is 0.0502. The van der Waals surface area contributed by atoms with Crippen molar-refractivity contribution in [3.63, 3.8) is 0 Å². The maximum Gasteiger partial charge on any atom is 0.410 e. The molecule has 9 heteroatoms. The Bertz CT molecular complexity index is 1720. The summed E-state index contributed by atoms with van der Waals surface area (Å²) >= 11 is 0. The summed E-state index contributed by atoms with van der Waals surface area (Å²) in [5, 5.41) is 18.4. The monoisotopic (exact) mass is 726 g/mol. The van der Waals surface area contributed by atoms with E-state index in [9.17, 15) is 9.90 Å². The highest BCUT2D eigenvalue weighted by atomic mass is 28.4. The Kier molecular flexibility index (Phi) is 11.8. The van der Waals surface area contributed by atoms with Gasteiger partial charge in [0.15, 0.2) is 5.58 Å². The Morgan fingerprint density at radius 2 is 1.52 bits per heavy atom. The van der Waals surface area contributed by atoms with Crippen LogP contribution in [0.5, 0.6) is 5.75 Å². The summed E-state index contributed by atoms with van der Waals surface area (Å²) in [5.41, 5.74) is 1.65. The number of amides is 1. The SMILES string of the molecule is CC(C)(C)OC(=O)N1CCC(CCc2noc3c(CO)c(OC[C@@H]4CCCC[C@H]4O[Si](c4ccccc4)(c4ccccc4)C(C)(C)C)ccc23)CC1. The first-order chi connectivity index (χ1) is 24.9. The maximum absolute atomic E-state index is 12.5. The highest BCUT2D eigenvalue weighted by molar-refractivity contribution is 6.99. The maximum atomic E-state index is 12.5. The highest BCUT2D eigenvalue weighted by Gasteiger charge is 2.52. The minimum atomic E-state index is -2.72. The number of hydrogen-bond acceptors (Lipinski definition) is 7. The van der Waals surface area contributed by atoms with Crippen molar-refractivity contribution in [1.82, 2.24) is 10.1 Å². The average molecular weight is 727 g/mol. The predicted octanol–water partition coefficient (Wildman–Crippen LogP) is 8.41. The molecule has 0 radical (unpaired) electrons. The largest absolute Gasteiger partial charge is 0.493 e. The molecule has 1 aromatic heterocycles. The fourth-order valence-electron chi connectivity index (χ4n) is 8.26. The van der Waals surface area contributed by atoms with Crippen molar-refractivity contribution in [1.29, 1.82) is 0 Å². The molecule has 1 N–H and O–H groups in total. The predicted molar refractivity (Wildman–Crippen MR) is 209 cm³/mol. The van der Waals surface area contributed by atoms with Crippen LogP contribution in [0.4, 0.5) is 4.79 Å². The van der Waals surface area contributed by atoms with Crippen LogP contribution in [0, 0.1) is 11.8 Å². The topological polar surface area (TPSA) is 94.3 Å². The van der Waals surface area contributed by atoms with E-state index < -0.39 is 13.9 Å². The number of nitrogens with zero attached hydrogens (tertiary/aromatic N) is 2. The smallest absolute Gasteiger partial charge is 0.410 e. The van der Waals surface area contributed by atoms with Crippen molar-refractivity contribution in [2.24, 2.45) is 11.8 Å². The number of fused-ring (bicyclic) bond motifs is 1. The quantitative estimate of drug-likeness (QED) is 0.155. The van der Waals surface area contributed by atoms with E-state index in [-0.39, 0.29) is 29.8 Å². The molecule has 3 aromatic carbocycles. The molecule has 2 fully saturated rings.